The molecule has 0 heterocycles. The van der Waals surface area contributed by atoms with Crippen LogP contribution in [0.4, 0.5) is 0 Å². The first-order valence-corrected chi connectivity index (χ1v) is 6.61. The van der Waals surface area contributed by atoms with E-state index in [9.17, 15) is 14.7 Å². The average Bonchev–Trinajstić information content (AvgIpc) is 2.32. The van der Waals surface area contributed by atoms with Crippen molar-refractivity contribution in [2.45, 2.75) is 34.6 Å². The highest BCUT2D eigenvalue weighted by molar-refractivity contribution is 6.19. The smallest absolute Gasteiger partial charge is 0.339 e. The fourth-order valence-corrected chi connectivity index (χ4v) is 3.29. The van der Waals surface area contributed by atoms with Crippen molar-refractivity contribution in [3.63, 3.8) is 0 Å². The fourth-order valence-electron chi connectivity index (χ4n) is 3.29. The Balaban J connectivity index is 2.63. The minimum Gasteiger partial charge on any atom is -0.478 e. The van der Waals surface area contributed by atoms with Crippen LogP contribution in [0.2, 0.25) is 0 Å². The SMILES string of the molecule is CC1=CC2C(C)C(C)=C(C(=O)O)C(=O)C2C(C)=C1C. The van der Waals surface area contributed by atoms with E-state index in [1.54, 1.807) is 6.92 Å². The number of carbonyl (C=O) groups is 2. The van der Waals surface area contributed by atoms with E-state index in [0.717, 1.165) is 11.1 Å². The minimum absolute atomic E-state index is 0.00569. The standard InChI is InChI=1S/C16H20O3/c1-7-6-12-9(3)11(5)14(16(18)19)15(17)13(12)10(4)8(7)2/h6,9,12-13H,1-5H3,(H,18,19). The van der Waals surface area contributed by atoms with Crippen molar-refractivity contribution in [2.24, 2.45) is 17.8 Å². The summed E-state index contributed by atoms with van der Waals surface area (Å²) in [5.41, 5.74) is 4.04. The van der Waals surface area contributed by atoms with E-state index < -0.39 is 5.97 Å². The van der Waals surface area contributed by atoms with Gasteiger partial charge in [0.05, 0.1) is 5.92 Å². The largest absolute Gasteiger partial charge is 0.478 e. The lowest BCUT2D eigenvalue weighted by Gasteiger charge is -2.39. The van der Waals surface area contributed by atoms with Gasteiger partial charge in [-0.2, -0.15) is 0 Å². The van der Waals surface area contributed by atoms with Crippen LogP contribution in [0, 0.1) is 17.8 Å². The van der Waals surface area contributed by atoms with Gasteiger partial charge in [0.1, 0.15) is 5.57 Å². The summed E-state index contributed by atoms with van der Waals surface area (Å²) in [4.78, 5) is 23.9. The Hall–Kier alpha value is -1.64. The van der Waals surface area contributed by atoms with Crippen molar-refractivity contribution in [3.8, 4) is 0 Å². The molecule has 3 atom stereocenters. The Morgan fingerprint density at radius 2 is 1.74 bits per heavy atom. The van der Waals surface area contributed by atoms with Gasteiger partial charge in [0, 0.05) is 0 Å². The fraction of sp³-hybridized carbons (Fsp3) is 0.500. The van der Waals surface area contributed by atoms with Crippen LogP contribution < -0.4 is 0 Å². The van der Waals surface area contributed by atoms with Crippen molar-refractivity contribution >= 4 is 11.8 Å². The van der Waals surface area contributed by atoms with Crippen LogP contribution in [-0.2, 0) is 9.59 Å². The normalized spacial score (nSPS) is 31.3. The van der Waals surface area contributed by atoms with Gasteiger partial charge in [-0.1, -0.05) is 29.7 Å². The molecule has 0 aromatic carbocycles. The molecule has 19 heavy (non-hydrogen) atoms. The van der Waals surface area contributed by atoms with Gasteiger partial charge in [0.2, 0.25) is 0 Å². The Morgan fingerprint density at radius 3 is 2.26 bits per heavy atom. The van der Waals surface area contributed by atoms with Crippen molar-refractivity contribution in [1.29, 1.82) is 0 Å². The van der Waals surface area contributed by atoms with Crippen LogP contribution in [-0.4, -0.2) is 16.9 Å². The molecule has 0 amide bonds. The second-order valence-corrected chi connectivity index (χ2v) is 5.73. The first-order valence-electron chi connectivity index (χ1n) is 6.61. The molecule has 0 aliphatic heterocycles. The summed E-state index contributed by atoms with van der Waals surface area (Å²) >= 11 is 0. The molecule has 1 N–H and O–H groups in total. The Bertz CT molecular complexity index is 561. The number of Topliss-reactive ketones (excluding diaryl/α,β-unsaturated/α-hetero) is 1. The quantitative estimate of drug-likeness (QED) is 0.737. The van der Waals surface area contributed by atoms with Gasteiger partial charge < -0.3 is 5.11 Å². The van der Waals surface area contributed by atoms with E-state index in [1.165, 1.54) is 5.57 Å². The van der Waals surface area contributed by atoms with Crippen molar-refractivity contribution in [3.05, 3.63) is 33.9 Å². The van der Waals surface area contributed by atoms with Crippen molar-refractivity contribution in [2.75, 3.05) is 0 Å². The molecule has 3 nitrogen and oxygen atoms in total. The summed E-state index contributed by atoms with van der Waals surface area (Å²) in [6.45, 7) is 9.79. The van der Waals surface area contributed by atoms with E-state index in [2.05, 4.69) is 13.0 Å². The molecule has 0 aromatic heterocycles. The highest BCUT2D eigenvalue weighted by Crippen LogP contribution is 2.45. The number of hydrogen-bond acceptors (Lipinski definition) is 2. The molecule has 0 bridgehead atoms. The van der Waals surface area contributed by atoms with Crippen LogP contribution >= 0.6 is 0 Å². The zero-order valence-corrected chi connectivity index (χ0v) is 12.1. The van der Waals surface area contributed by atoms with Crippen LogP contribution in [0.25, 0.3) is 0 Å². The number of fused-ring (bicyclic) bond motifs is 1. The lowest BCUT2D eigenvalue weighted by Crippen LogP contribution is -2.39. The molecule has 2 aliphatic rings. The highest BCUT2D eigenvalue weighted by Gasteiger charge is 2.44. The molecular formula is C16H20O3. The summed E-state index contributed by atoms with van der Waals surface area (Å²) in [7, 11) is 0. The molecule has 0 radical (unpaired) electrons. The Labute approximate surface area is 113 Å². The Morgan fingerprint density at radius 1 is 1.16 bits per heavy atom. The molecule has 2 rings (SSSR count). The van der Waals surface area contributed by atoms with Crippen molar-refractivity contribution in [1.82, 2.24) is 0 Å². The molecular weight excluding hydrogens is 240 g/mol. The van der Waals surface area contributed by atoms with Crippen molar-refractivity contribution < 1.29 is 14.7 Å². The summed E-state index contributed by atoms with van der Waals surface area (Å²) in [6.07, 6.45) is 2.14. The zero-order valence-electron chi connectivity index (χ0n) is 12.1. The number of hydrogen-bond donors (Lipinski definition) is 1. The number of aliphatic carboxylic acids is 1. The molecule has 0 saturated heterocycles. The zero-order chi connectivity index (χ0) is 14.5. The third-order valence-electron chi connectivity index (χ3n) is 4.87. The predicted molar refractivity (Wildman–Crippen MR) is 73.6 cm³/mol. The highest BCUT2D eigenvalue weighted by atomic mass is 16.4. The summed E-state index contributed by atoms with van der Waals surface area (Å²) in [5, 5.41) is 9.28. The average molecular weight is 260 g/mol. The molecule has 0 fully saturated rings. The van der Waals surface area contributed by atoms with Gasteiger partial charge in [0.25, 0.3) is 0 Å². The van der Waals surface area contributed by atoms with E-state index in [4.69, 9.17) is 0 Å². The monoisotopic (exact) mass is 260 g/mol. The molecule has 2 aliphatic carbocycles. The third kappa shape index (κ3) is 1.88. The Kier molecular flexibility index (Phi) is 3.25. The van der Waals surface area contributed by atoms with E-state index in [-0.39, 0.29) is 29.1 Å². The van der Waals surface area contributed by atoms with Gasteiger partial charge in [-0.3, -0.25) is 4.79 Å². The number of carbonyl (C=O) groups excluding carboxylic acids is 1. The number of carboxylic acids is 1. The molecule has 3 unspecified atom stereocenters. The lowest BCUT2D eigenvalue weighted by molar-refractivity contribution is -0.136. The summed E-state index contributed by atoms with van der Waals surface area (Å²) in [5.74, 6) is -1.43. The maximum Gasteiger partial charge on any atom is 0.339 e. The molecule has 0 saturated carbocycles. The molecule has 0 aromatic rings. The lowest BCUT2D eigenvalue weighted by atomic mass is 9.63. The maximum atomic E-state index is 12.5. The predicted octanol–water partition coefficient (Wildman–Crippen LogP) is 3.14. The van der Waals surface area contributed by atoms with Crippen LogP contribution in [0.15, 0.2) is 33.9 Å². The minimum atomic E-state index is -1.09. The van der Waals surface area contributed by atoms with Crippen LogP contribution in [0.5, 0.6) is 0 Å². The van der Waals surface area contributed by atoms with Gasteiger partial charge in [0.15, 0.2) is 5.78 Å². The number of carboxylic acid groups (broad SMARTS) is 1. The van der Waals surface area contributed by atoms with E-state index in [0.29, 0.717) is 5.57 Å². The first kappa shape index (κ1) is 13.8. The maximum absolute atomic E-state index is 12.5. The third-order valence-corrected chi connectivity index (χ3v) is 4.87. The van der Waals surface area contributed by atoms with Gasteiger partial charge in [-0.05, 0) is 45.1 Å². The van der Waals surface area contributed by atoms with Crippen LogP contribution in [0.3, 0.4) is 0 Å². The number of rotatable bonds is 1. The second-order valence-electron chi connectivity index (χ2n) is 5.73. The van der Waals surface area contributed by atoms with Gasteiger partial charge >= 0.3 is 5.97 Å². The summed E-state index contributed by atoms with van der Waals surface area (Å²) < 4.78 is 0. The molecule has 0 spiro atoms. The van der Waals surface area contributed by atoms with Gasteiger partial charge in [-0.15, -0.1) is 0 Å². The van der Waals surface area contributed by atoms with Gasteiger partial charge in [-0.25, -0.2) is 4.79 Å². The second kappa shape index (κ2) is 4.48. The molecule has 102 valence electrons. The number of ketones is 1. The number of allylic oxidation sites excluding steroid dienone is 5. The van der Waals surface area contributed by atoms with Crippen LogP contribution in [0.1, 0.15) is 34.6 Å². The van der Waals surface area contributed by atoms with E-state index >= 15 is 0 Å². The summed E-state index contributed by atoms with van der Waals surface area (Å²) in [6, 6.07) is 0. The molecule has 3 heteroatoms. The first-order chi connectivity index (χ1) is 8.77. The topological polar surface area (TPSA) is 54.4 Å². The van der Waals surface area contributed by atoms with E-state index in [1.807, 2.05) is 20.8 Å².